The van der Waals surface area contributed by atoms with Gasteiger partial charge in [0.1, 0.15) is 15.7 Å². The summed E-state index contributed by atoms with van der Waals surface area (Å²) < 4.78 is 33.3. The van der Waals surface area contributed by atoms with E-state index in [1.807, 2.05) is 53.6 Å². The molecule has 16 heteroatoms. The highest BCUT2D eigenvalue weighted by atomic mass is 32.2. The summed E-state index contributed by atoms with van der Waals surface area (Å²) in [6.07, 6.45) is 7.38. The molecule has 11 nitrogen and oxygen atoms in total. The molecule has 1 aromatic rings. The topological polar surface area (TPSA) is 127 Å². The normalized spacial score (nSPS) is 13.8. The third-order valence-corrected chi connectivity index (χ3v) is 22.9. The molecule has 1 rings (SSSR count). The second-order valence-corrected chi connectivity index (χ2v) is 34.4. The minimum Gasteiger partial charge on any atom is -0.469 e. The van der Waals surface area contributed by atoms with Crippen molar-refractivity contribution in [3.05, 3.63) is 47.5 Å². The summed E-state index contributed by atoms with van der Waals surface area (Å²) in [5.41, 5.74) is 2.71. The highest BCUT2D eigenvalue weighted by Gasteiger charge is 2.43. The predicted molar refractivity (Wildman–Crippen MR) is 289 cm³/mol. The predicted octanol–water partition coefficient (Wildman–Crippen LogP) is 12.7. The molecule has 0 spiro atoms. The molecule has 0 saturated carbocycles. The molecule has 0 saturated heterocycles. The maximum absolute atomic E-state index is 12.6. The minimum absolute atomic E-state index is 0.111. The second-order valence-electron chi connectivity index (χ2n) is 19.6. The molecule has 0 amide bonds. The summed E-state index contributed by atoms with van der Waals surface area (Å²) in [5.74, 6) is -2.08. The first-order chi connectivity index (χ1) is 30.3. The number of ether oxygens (including phenoxy) is 4. The van der Waals surface area contributed by atoms with Gasteiger partial charge in [0.15, 0.2) is 16.6 Å². The Morgan fingerprint density at radius 1 is 0.742 bits per heavy atom. The van der Waals surface area contributed by atoms with Gasteiger partial charge in [-0.15, -0.1) is 0 Å². The zero-order valence-electron chi connectivity index (χ0n) is 45.7. The SMILES string of the molecule is C=CCOC(=O)C(C)(C)CC(CC(C)(CC)C(=O)OC)C(=O)OC.CC.CCC(C)(SC(=S)N(C)C)C(=O)OCCC[Si](C)(C)O[Si](C)(C)O[Si](C)(C)C.CCc1cc(CC)cc(CC)c1. The number of hydrogen-bond acceptors (Lipinski definition) is 12. The van der Waals surface area contributed by atoms with Crippen LogP contribution < -0.4 is 0 Å². The summed E-state index contributed by atoms with van der Waals surface area (Å²) in [6.45, 7) is 40.9. The lowest BCUT2D eigenvalue weighted by Crippen LogP contribution is -2.51. The maximum atomic E-state index is 12.6. The summed E-state index contributed by atoms with van der Waals surface area (Å²) in [4.78, 5) is 50.9. The number of esters is 4. The Hall–Kier alpha value is -2.35. The van der Waals surface area contributed by atoms with E-state index in [2.05, 4.69) is 91.4 Å². The number of nitrogens with zero attached hydrogens (tertiary/aromatic N) is 1. The lowest BCUT2D eigenvalue weighted by atomic mass is 9.73. The first-order valence-corrected chi connectivity index (χ1v) is 34.4. The van der Waals surface area contributed by atoms with Crippen LogP contribution in [-0.4, -0.2) is 105 Å². The smallest absolute Gasteiger partial charge is 0.322 e. The van der Waals surface area contributed by atoms with Gasteiger partial charge < -0.3 is 32.1 Å². The lowest BCUT2D eigenvalue weighted by molar-refractivity contribution is -0.159. The lowest BCUT2D eigenvalue weighted by Gasteiger charge is -2.37. The van der Waals surface area contributed by atoms with E-state index in [0.29, 0.717) is 23.8 Å². The number of thiocarbonyl (C=S) groups is 1. The molecule has 3 atom stereocenters. The van der Waals surface area contributed by atoms with Gasteiger partial charge in [0.25, 0.3) is 0 Å². The van der Waals surface area contributed by atoms with E-state index in [0.717, 1.165) is 31.7 Å². The number of hydrogen-bond donors (Lipinski definition) is 0. The van der Waals surface area contributed by atoms with Crippen LogP contribution >= 0.6 is 24.0 Å². The van der Waals surface area contributed by atoms with Crippen LogP contribution in [0.25, 0.3) is 0 Å². The van der Waals surface area contributed by atoms with Gasteiger partial charge in [-0.3, -0.25) is 19.2 Å². The number of carbonyl (C=O) groups is 4. The van der Waals surface area contributed by atoms with Gasteiger partial charge in [-0.1, -0.05) is 103 Å². The third-order valence-electron chi connectivity index (χ3n) is 10.7. The summed E-state index contributed by atoms with van der Waals surface area (Å²) in [6, 6.07) is 7.90. The fraction of sp³-hybridized carbons (Fsp3) is 0.740. The Bertz CT molecular complexity index is 1580. The summed E-state index contributed by atoms with van der Waals surface area (Å²) >= 11 is 6.75. The first-order valence-electron chi connectivity index (χ1n) is 23.8. The van der Waals surface area contributed by atoms with Crippen molar-refractivity contribution in [2.45, 2.75) is 184 Å². The molecule has 3 unspecified atom stereocenters. The van der Waals surface area contributed by atoms with E-state index < -0.39 is 58.6 Å². The molecule has 0 N–H and O–H groups in total. The van der Waals surface area contributed by atoms with E-state index in [9.17, 15) is 19.2 Å². The van der Waals surface area contributed by atoms with Crippen molar-refractivity contribution >= 4 is 77.4 Å². The fourth-order valence-corrected chi connectivity index (χ4v) is 21.5. The van der Waals surface area contributed by atoms with Gasteiger partial charge in [0.2, 0.25) is 0 Å². The van der Waals surface area contributed by atoms with Crippen molar-refractivity contribution in [1.82, 2.24) is 4.90 Å². The van der Waals surface area contributed by atoms with E-state index in [1.165, 1.54) is 48.7 Å². The molecule has 66 heavy (non-hydrogen) atoms. The van der Waals surface area contributed by atoms with Gasteiger partial charge in [-0.2, -0.15) is 0 Å². The van der Waals surface area contributed by atoms with Crippen LogP contribution in [0.4, 0.5) is 0 Å². The quantitative estimate of drug-likeness (QED) is 0.0244. The molecule has 0 aliphatic rings. The molecule has 1 aromatic carbocycles. The zero-order chi connectivity index (χ0) is 52.3. The first kappa shape index (κ1) is 67.9. The number of benzene rings is 1. The van der Waals surface area contributed by atoms with Crippen molar-refractivity contribution in [1.29, 1.82) is 0 Å². The molecule has 0 aromatic heterocycles. The van der Waals surface area contributed by atoms with E-state index >= 15 is 0 Å². The number of thioether (sulfide) groups is 1. The van der Waals surface area contributed by atoms with Gasteiger partial charge in [0.05, 0.1) is 37.6 Å². The number of rotatable bonds is 24. The molecular formula is C50H95NO10S2Si3. The van der Waals surface area contributed by atoms with E-state index in [1.54, 1.807) is 20.8 Å². The molecule has 0 heterocycles. The number of carbonyl (C=O) groups excluding carboxylic acids is 4. The van der Waals surface area contributed by atoms with Gasteiger partial charge in [-0.25, -0.2) is 0 Å². The molecule has 384 valence electrons. The molecule has 0 aliphatic heterocycles. The molecule has 0 bridgehead atoms. The van der Waals surface area contributed by atoms with Crippen LogP contribution in [0.5, 0.6) is 0 Å². The molecular weight excluding hydrogens is 923 g/mol. The Balaban J connectivity index is -0.000000942. The zero-order valence-corrected chi connectivity index (χ0v) is 50.4. The van der Waals surface area contributed by atoms with Gasteiger partial charge in [-0.05, 0) is 148 Å². The molecule has 0 aliphatic carbocycles. The summed E-state index contributed by atoms with van der Waals surface area (Å²) in [7, 11) is 0.771. The van der Waals surface area contributed by atoms with Crippen molar-refractivity contribution in [3.8, 4) is 0 Å². The maximum Gasteiger partial charge on any atom is 0.322 e. The van der Waals surface area contributed by atoms with Crippen LogP contribution in [0.2, 0.25) is 51.9 Å². The van der Waals surface area contributed by atoms with E-state index in [4.69, 9.17) is 39.4 Å². The van der Waals surface area contributed by atoms with Crippen LogP contribution in [0.3, 0.4) is 0 Å². The highest BCUT2D eigenvalue weighted by Crippen LogP contribution is 2.38. The Morgan fingerprint density at radius 2 is 1.23 bits per heavy atom. The number of aryl methyl sites for hydroxylation is 3. The monoisotopic (exact) mass is 1020 g/mol. The van der Waals surface area contributed by atoms with Crippen molar-refractivity contribution in [2.24, 2.45) is 16.7 Å². The van der Waals surface area contributed by atoms with E-state index in [-0.39, 0.29) is 31.4 Å². The second kappa shape index (κ2) is 32.5. The van der Waals surface area contributed by atoms with Crippen molar-refractivity contribution < 1.29 is 46.4 Å². The van der Waals surface area contributed by atoms with Crippen LogP contribution in [-0.2, 0) is 65.6 Å². The standard InChI is InChI=1S/C18H41NO4S2Si3.C18H30O6.C12H18.C2H6/c1-12-18(2,25-17(24)19(3)4)16(20)21-14-13-15-27(8,9)23-28(10,11)22-26(5,6)7;1-8-10-24-15(20)17(3,4)11-13(14(19)22-6)12-18(5,9-2)16(21)23-7;1-4-10-7-11(5-2)9-12(6-3)8-10;1-2/h12-15H2,1-11H3;8,13H,1,9-12H2,2-7H3;7-9H,4-6H2,1-3H3;1-2H3. The van der Waals surface area contributed by atoms with Crippen LogP contribution in [0.1, 0.15) is 125 Å². The van der Waals surface area contributed by atoms with Crippen molar-refractivity contribution in [3.63, 3.8) is 0 Å². The Morgan fingerprint density at radius 3 is 1.59 bits per heavy atom. The Kier molecular flexibility index (Phi) is 33.4. The average molecular weight is 1020 g/mol. The largest absolute Gasteiger partial charge is 0.469 e. The molecule has 0 fully saturated rings. The third kappa shape index (κ3) is 27.6. The van der Waals surface area contributed by atoms with Crippen LogP contribution in [0.15, 0.2) is 30.9 Å². The number of methoxy groups -OCH3 is 2. The molecule has 0 radical (unpaired) electrons. The van der Waals surface area contributed by atoms with Crippen LogP contribution in [0, 0.1) is 16.7 Å². The van der Waals surface area contributed by atoms with Gasteiger partial charge >= 0.3 is 32.4 Å². The highest BCUT2D eigenvalue weighted by molar-refractivity contribution is 8.24. The van der Waals surface area contributed by atoms with Gasteiger partial charge in [0, 0.05) is 14.1 Å². The average Bonchev–Trinajstić information content (AvgIpc) is 3.25. The fourth-order valence-electron chi connectivity index (χ4n) is 6.88. The minimum atomic E-state index is -2.13. The summed E-state index contributed by atoms with van der Waals surface area (Å²) in [5, 5.41) is 0. The Labute approximate surface area is 416 Å². The van der Waals surface area contributed by atoms with Crippen molar-refractivity contribution in [2.75, 3.05) is 41.5 Å².